The number of thioether (sulfide) groups is 1. The van der Waals surface area contributed by atoms with Gasteiger partial charge >= 0.3 is 0 Å². The van der Waals surface area contributed by atoms with Crippen LogP contribution in [-0.4, -0.2) is 49.6 Å². The molecule has 4 N–H and O–H groups in total. The number of aromatic hydroxyl groups is 1. The Morgan fingerprint density at radius 1 is 1.29 bits per heavy atom. The highest BCUT2D eigenvalue weighted by Crippen LogP contribution is 2.28. The van der Waals surface area contributed by atoms with E-state index in [9.17, 15) is 9.90 Å². The fourth-order valence-corrected chi connectivity index (χ4v) is 3.81. The first kappa shape index (κ1) is 22.8. The molecule has 4 rings (SSSR count). The average molecular weight is 481 g/mol. The van der Waals surface area contributed by atoms with Gasteiger partial charge in [0.2, 0.25) is 11.6 Å². The van der Waals surface area contributed by atoms with Gasteiger partial charge in [0.1, 0.15) is 0 Å². The number of nitrogens with zero attached hydrogens (tertiary/aromatic N) is 6. The Bertz CT molecular complexity index is 1330. The van der Waals surface area contributed by atoms with Gasteiger partial charge in [0.15, 0.2) is 17.2 Å². The molecular weight excluding hydrogens is 460 g/mol. The van der Waals surface area contributed by atoms with Crippen LogP contribution in [0.25, 0.3) is 5.82 Å². The van der Waals surface area contributed by atoms with E-state index < -0.39 is 5.91 Å². The maximum absolute atomic E-state index is 12.9. The van der Waals surface area contributed by atoms with Gasteiger partial charge in [-0.1, -0.05) is 29.0 Å². The van der Waals surface area contributed by atoms with Crippen LogP contribution in [0.2, 0.25) is 0 Å². The number of nitrogens with one attached hydrogen (secondary N) is 1. The molecule has 0 saturated heterocycles. The van der Waals surface area contributed by atoms with Crippen molar-refractivity contribution in [2.75, 3.05) is 12.8 Å². The van der Waals surface area contributed by atoms with E-state index in [1.807, 2.05) is 31.2 Å². The van der Waals surface area contributed by atoms with E-state index in [4.69, 9.17) is 10.5 Å². The summed E-state index contributed by atoms with van der Waals surface area (Å²) in [4.78, 5) is 13.8. The number of ether oxygens (including phenoxy) is 1. The number of hydrazone groups is 1. The Balaban J connectivity index is 1.58. The Kier molecular flexibility index (Phi) is 6.73. The Morgan fingerprint density at radius 3 is 2.79 bits per heavy atom. The summed E-state index contributed by atoms with van der Waals surface area (Å²) in [6, 6.07) is 12.8. The van der Waals surface area contributed by atoms with Crippen molar-refractivity contribution >= 4 is 29.7 Å². The number of nitrogens with two attached hydrogens (primary N) is 1. The standard InChI is InChI=1S/C21H20N8O4S/c1-12-6-8-14(9-7-12)34-11-15-17(24-28-29(15)20-19(22)26-33-27-20)21(31)25-23-10-13-4-3-5-16(32-2)18(13)30/h3-10,30H,11H2,1-2H3,(H2,22,26)(H,25,31)/b23-10-. The molecule has 2 aromatic carbocycles. The van der Waals surface area contributed by atoms with Gasteiger partial charge in [0, 0.05) is 16.2 Å². The van der Waals surface area contributed by atoms with E-state index in [0.717, 1.165) is 10.5 Å². The first-order valence-electron chi connectivity index (χ1n) is 9.89. The first-order chi connectivity index (χ1) is 16.5. The number of carbonyl (C=O) groups is 1. The quantitative estimate of drug-likeness (QED) is 0.193. The highest BCUT2D eigenvalue weighted by Gasteiger charge is 2.24. The van der Waals surface area contributed by atoms with Crippen molar-refractivity contribution in [1.29, 1.82) is 0 Å². The zero-order chi connectivity index (χ0) is 24.1. The van der Waals surface area contributed by atoms with Crippen molar-refractivity contribution in [3.8, 4) is 17.3 Å². The van der Waals surface area contributed by atoms with E-state index in [0.29, 0.717) is 17.0 Å². The number of benzene rings is 2. The van der Waals surface area contributed by atoms with Gasteiger partial charge in [-0.2, -0.15) is 9.78 Å². The Hall–Kier alpha value is -4.39. The molecule has 34 heavy (non-hydrogen) atoms. The number of methoxy groups -OCH3 is 1. The molecule has 174 valence electrons. The second-order valence-corrected chi connectivity index (χ2v) is 8.02. The maximum Gasteiger partial charge on any atom is 0.293 e. The van der Waals surface area contributed by atoms with Crippen LogP contribution in [0.15, 0.2) is 57.1 Å². The van der Waals surface area contributed by atoms with Crippen molar-refractivity contribution in [3.63, 3.8) is 0 Å². The maximum atomic E-state index is 12.9. The average Bonchev–Trinajstić information content (AvgIpc) is 3.45. The second-order valence-electron chi connectivity index (χ2n) is 6.97. The number of amides is 1. The number of phenolic OH excluding ortho intramolecular Hbond substituents is 1. The molecule has 0 atom stereocenters. The number of phenols is 1. The van der Waals surface area contributed by atoms with Crippen LogP contribution < -0.4 is 15.9 Å². The fourth-order valence-electron chi connectivity index (χ4n) is 2.92. The molecule has 0 spiro atoms. The van der Waals surface area contributed by atoms with Gasteiger partial charge in [0.05, 0.1) is 19.0 Å². The molecule has 2 heterocycles. The molecule has 12 nitrogen and oxygen atoms in total. The Morgan fingerprint density at radius 2 is 2.09 bits per heavy atom. The molecule has 0 saturated carbocycles. The van der Waals surface area contributed by atoms with Crippen LogP contribution in [-0.2, 0) is 5.75 Å². The van der Waals surface area contributed by atoms with Gasteiger partial charge in [-0.3, -0.25) is 4.79 Å². The number of para-hydroxylation sites is 1. The summed E-state index contributed by atoms with van der Waals surface area (Å²) >= 11 is 1.48. The van der Waals surface area contributed by atoms with E-state index in [2.05, 4.69) is 35.8 Å². The monoisotopic (exact) mass is 480 g/mol. The van der Waals surface area contributed by atoms with Crippen LogP contribution in [0.1, 0.15) is 27.3 Å². The zero-order valence-corrected chi connectivity index (χ0v) is 19.0. The predicted octanol–water partition coefficient (Wildman–Crippen LogP) is 2.31. The van der Waals surface area contributed by atoms with Crippen molar-refractivity contribution in [1.82, 2.24) is 30.7 Å². The zero-order valence-electron chi connectivity index (χ0n) is 18.2. The summed E-state index contributed by atoms with van der Waals surface area (Å²) in [7, 11) is 1.44. The summed E-state index contributed by atoms with van der Waals surface area (Å²) in [6.45, 7) is 2.00. The van der Waals surface area contributed by atoms with Crippen molar-refractivity contribution in [2.45, 2.75) is 17.6 Å². The smallest absolute Gasteiger partial charge is 0.293 e. The summed E-state index contributed by atoms with van der Waals surface area (Å²) in [6.07, 6.45) is 1.29. The number of hydrogen-bond acceptors (Lipinski definition) is 11. The molecule has 2 aromatic heterocycles. The third kappa shape index (κ3) is 4.83. The molecule has 0 radical (unpaired) electrons. The van der Waals surface area contributed by atoms with E-state index >= 15 is 0 Å². The molecular formula is C21H20N8O4S. The number of aromatic nitrogens is 5. The lowest BCUT2D eigenvalue weighted by atomic mass is 10.2. The minimum atomic E-state index is -0.612. The van der Waals surface area contributed by atoms with Gasteiger partial charge in [-0.05, 0) is 41.5 Å². The second kappa shape index (κ2) is 10.0. The number of carbonyl (C=O) groups excluding carboxylic acids is 1. The SMILES string of the molecule is COc1cccc(/C=N\NC(=O)c2nnn(-c3nonc3N)c2CSc2ccc(C)cc2)c1O. The molecule has 0 aliphatic rings. The lowest BCUT2D eigenvalue weighted by molar-refractivity contribution is 0.0949. The number of hydrogen-bond donors (Lipinski definition) is 3. The molecule has 4 aromatic rings. The predicted molar refractivity (Wildman–Crippen MR) is 124 cm³/mol. The third-order valence-electron chi connectivity index (χ3n) is 4.69. The normalized spacial score (nSPS) is 11.1. The topological polar surface area (TPSA) is 167 Å². The molecule has 13 heteroatoms. The van der Waals surface area contributed by atoms with Crippen LogP contribution in [0.5, 0.6) is 11.5 Å². The lowest BCUT2D eigenvalue weighted by Gasteiger charge is -2.06. The first-order valence-corrected chi connectivity index (χ1v) is 10.9. The summed E-state index contributed by atoms with van der Waals surface area (Å²) in [5.74, 6) is 0.0247. The number of rotatable bonds is 8. The number of anilines is 1. The molecule has 0 bridgehead atoms. The summed E-state index contributed by atoms with van der Waals surface area (Å²) < 4.78 is 11.0. The van der Waals surface area contributed by atoms with E-state index in [1.54, 1.807) is 18.2 Å². The van der Waals surface area contributed by atoms with Gasteiger partial charge < -0.3 is 15.6 Å². The van der Waals surface area contributed by atoms with Crippen LogP contribution in [0.4, 0.5) is 5.82 Å². The highest BCUT2D eigenvalue weighted by atomic mass is 32.2. The molecule has 0 aliphatic carbocycles. The minimum Gasteiger partial charge on any atom is -0.504 e. The number of nitrogen functional groups attached to an aromatic ring is 1. The minimum absolute atomic E-state index is 0.00460. The lowest BCUT2D eigenvalue weighted by Crippen LogP contribution is -2.20. The molecule has 1 amide bonds. The van der Waals surface area contributed by atoms with Crippen molar-refractivity contribution in [2.24, 2.45) is 5.10 Å². The van der Waals surface area contributed by atoms with Gasteiger partial charge in [-0.15, -0.1) is 16.9 Å². The van der Waals surface area contributed by atoms with Crippen molar-refractivity contribution < 1.29 is 19.3 Å². The molecule has 0 aliphatic heterocycles. The molecule has 0 unspecified atom stereocenters. The number of aryl methyl sites for hydroxylation is 1. The Labute approximate surface area is 197 Å². The summed E-state index contributed by atoms with van der Waals surface area (Å²) in [5, 5.41) is 29.4. The van der Waals surface area contributed by atoms with E-state index in [1.165, 1.54) is 29.8 Å². The van der Waals surface area contributed by atoms with Crippen LogP contribution in [0, 0.1) is 6.92 Å². The summed E-state index contributed by atoms with van der Waals surface area (Å²) in [5.41, 5.74) is 10.1. The van der Waals surface area contributed by atoms with E-state index in [-0.39, 0.29) is 28.8 Å². The fraction of sp³-hybridized carbons (Fsp3) is 0.143. The molecule has 0 fully saturated rings. The van der Waals surface area contributed by atoms with Gasteiger partial charge in [-0.25, -0.2) is 10.1 Å². The largest absolute Gasteiger partial charge is 0.504 e. The van der Waals surface area contributed by atoms with Crippen LogP contribution in [0.3, 0.4) is 0 Å². The van der Waals surface area contributed by atoms with Crippen molar-refractivity contribution in [3.05, 3.63) is 65.0 Å². The van der Waals surface area contributed by atoms with Gasteiger partial charge in [0.25, 0.3) is 5.91 Å². The highest BCUT2D eigenvalue weighted by molar-refractivity contribution is 7.98. The third-order valence-corrected chi connectivity index (χ3v) is 5.71. The van der Waals surface area contributed by atoms with Crippen LogP contribution >= 0.6 is 11.8 Å².